The molecule has 8 heteroatoms. The standard InChI is InChI=1S/C22H29N3O5/c1-22(2,3)24-21(29)23-18(26)15-30-20(28)17-11-13-25(14-12-17)19(27)10-9-16-7-5-4-6-8-16/h4-10,17H,11-15H2,1-3H3,(H2,23,24,26,29)/b10-9+. The van der Waals surface area contributed by atoms with E-state index in [4.69, 9.17) is 4.74 Å². The number of esters is 1. The summed E-state index contributed by atoms with van der Waals surface area (Å²) in [5.41, 5.74) is 0.460. The van der Waals surface area contributed by atoms with Gasteiger partial charge in [0.25, 0.3) is 5.91 Å². The van der Waals surface area contributed by atoms with Crippen LogP contribution in [0.25, 0.3) is 6.08 Å². The van der Waals surface area contributed by atoms with Crippen LogP contribution in [0.15, 0.2) is 36.4 Å². The number of piperidine rings is 1. The molecular formula is C22H29N3O5. The fourth-order valence-corrected chi connectivity index (χ4v) is 2.96. The molecule has 1 aromatic carbocycles. The first-order chi connectivity index (χ1) is 14.1. The third kappa shape index (κ3) is 8.06. The molecule has 0 unspecified atom stereocenters. The number of carbonyl (C=O) groups excluding carboxylic acids is 4. The van der Waals surface area contributed by atoms with Crippen molar-refractivity contribution in [2.45, 2.75) is 39.2 Å². The van der Waals surface area contributed by atoms with Gasteiger partial charge in [0.1, 0.15) is 0 Å². The van der Waals surface area contributed by atoms with Crippen molar-refractivity contribution in [2.24, 2.45) is 5.92 Å². The highest BCUT2D eigenvalue weighted by atomic mass is 16.5. The van der Waals surface area contributed by atoms with Gasteiger partial charge < -0.3 is 15.0 Å². The maximum Gasteiger partial charge on any atom is 0.321 e. The second-order valence-corrected chi connectivity index (χ2v) is 8.20. The molecule has 2 N–H and O–H groups in total. The minimum Gasteiger partial charge on any atom is -0.455 e. The number of nitrogens with zero attached hydrogens (tertiary/aromatic N) is 1. The molecule has 30 heavy (non-hydrogen) atoms. The summed E-state index contributed by atoms with van der Waals surface area (Å²) in [4.78, 5) is 49.5. The Hall–Kier alpha value is -3.16. The van der Waals surface area contributed by atoms with Crippen molar-refractivity contribution in [2.75, 3.05) is 19.7 Å². The third-order valence-corrected chi connectivity index (χ3v) is 4.44. The minimum atomic E-state index is -0.691. The Morgan fingerprint density at radius 3 is 2.33 bits per heavy atom. The number of carbonyl (C=O) groups is 4. The van der Waals surface area contributed by atoms with Gasteiger partial charge in [-0.1, -0.05) is 30.3 Å². The van der Waals surface area contributed by atoms with E-state index in [0.29, 0.717) is 25.9 Å². The number of likely N-dealkylation sites (tertiary alicyclic amines) is 1. The fourth-order valence-electron chi connectivity index (χ4n) is 2.96. The SMILES string of the molecule is CC(C)(C)NC(=O)NC(=O)COC(=O)C1CCN(C(=O)/C=C/c2ccccc2)CC1. The van der Waals surface area contributed by atoms with Crippen LogP contribution in [0.2, 0.25) is 0 Å². The van der Waals surface area contributed by atoms with E-state index in [1.165, 1.54) is 6.08 Å². The second-order valence-electron chi connectivity index (χ2n) is 8.20. The van der Waals surface area contributed by atoms with Gasteiger partial charge in [0.05, 0.1) is 5.92 Å². The van der Waals surface area contributed by atoms with Crippen molar-refractivity contribution in [1.82, 2.24) is 15.5 Å². The van der Waals surface area contributed by atoms with E-state index >= 15 is 0 Å². The van der Waals surface area contributed by atoms with Crippen molar-refractivity contribution in [3.8, 4) is 0 Å². The van der Waals surface area contributed by atoms with Gasteiger partial charge in [0.2, 0.25) is 5.91 Å². The van der Waals surface area contributed by atoms with Crippen LogP contribution in [0.3, 0.4) is 0 Å². The number of hydrogen-bond donors (Lipinski definition) is 2. The summed E-state index contributed by atoms with van der Waals surface area (Å²) in [5.74, 6) is -1.66. The zero-order valence-electron chi connectivity index (χ0n) is 17.6. The van der Waals surface area contributed by atoms with Crippen LogP contribution in [0.1, 0.15) is 39.2 Å². The molecule has 0 aromatic heterocycles. The van der Waals surface area contributed by atoms with Gasteiger partial charge in [-0.05, 0) is 45.3 Å². The van der Waals surface area contributed by atoms with Crippen molar-refractivity contribution in [1.29, 1.82) is 0 Å². The lowest BCUT2D eigenvalue weighted by molar-refractivity contribution is -0.154. The number of amides is 4. The van der Waals surface area contributed by atoms with Gasteiger partial charge in [-0.2, -0.15) is 0 Å². The first kappa shape index (κ1) is 23.1. The Labute approximate surface area is 176 Å². The van der Waals surface area contributed by atoms with Crippen LogP contribution in [-0.2, 0) is 19.1 Å². The monoisotopic (exact) mass is 415 g/mol. The largest absolute Gasteiger partial charge is 0.455 e. The quantitative estimate of drug-likeness (QED) is 0.566. The van der Waals surface area contributed by atoms with Crippen LogP contribution in [0.4, 0.5) is 4.79 Å². The molecule has 0 aliphatic carbocycles. The molecule has 0 atom stereocenters. The molecule has 1 heterocycles. The highest BCUT2D eigenvalue weighted by Gasteiger charge is 2.28. The number of urea groups is 1. The molecule has 4 amide bonds. The van der Waals surface area contributed by atoms with E-state index in [-0.39, 0.29) is 11.8 Å². The molecule has 0 saturated carbocycles. The van der Waals surface area contributed by atoms with E-state index in [1.807, 2.05) is 30.3 Å². The molecule has 2 rings (SSSR count). The van der Waals surface area contributed by atoms with Gasteiger partial charge in [-0.15, -0.1) is 0 Å². The van der Waals surface area contributed by atoms with Crippen molar-refractivity contribution in [3.63, 3.8) is 0 Å². The molecule has 1 aliphatic heterocycles. The summed E-state index contributed by atoms with van der Waals surface area (Å²) in [6, 6.07) is 8.90. The lowest BCUT2D eigenvalue weighted by atomic mass is 9.97. The van der Waals surface area contributed by atoms with E-state index in [2.05, 4.69) is 10.6 Å². The topological polar surface area (TPSA) is 105 Å². The number of hydrogen-bond acceptors (Lipinski definition) is 5. The zero-order valence-corrected chi connectivity index (χ0v) is 17.6. The molecule has 8 nitrogen and oxygen atoms in total. The third-order valence-electron chi connectivity index (χ3n) is 4.44. The van der Waals surface area contributed by atoms with Crippen LogP contribution in [0.5, 0.6) is 0 Å². The van der Waals surface area contributed by atoms with Gasteiger partial charge in [0, 0.05) is 24.7 Å². The first-order valence-electron chi connectivity index (χ1n) is 9.95. The van der Waals surface area contributed by atoms with E-state index in [0.717, 1.165) is 5.56 Å². The van der Waals surface area contributed by atoms with E-state index < -0.39 is 30.1 Å². The second kappa shape index (κ2) is 10.6. The van der Waals surface area contributed by atoms with Crippen molar-refractivity contribution in [3.05, 3.63) is 42.0 Å². The highest BCUT2D eigenvalue weighted by Crippen LogP contribution is 2.19. The lowest BCUT2D eigenvalue weighted by Gasteiger charge is -2.30. The Morgan fingerprint density at radius 1 is 1.10 bits per heavy atom. The number of imide groups is 1. The molecular weight excluding hydrogens is 386 g/mol. The Bertz CT molecular complexity index is 791. The minimum absolute atomic E-state index is 0.102. The summed E-state index contributed by atoms with van der Waals surface area (Å²) < 4.78 is 5.03. The van der Waals surface area contributed by atoms with Crippen LogP contribution >= 0.6 is 0 Å². The van der Waals surface area contributed by atoms with Crippen LogP contribution in [0, 0.1) is 5.92 Å². The summed E-state index contributed by atoms with van der Waals surface area (Å²) in [7, 11) is 0. The first-order valence-corrected chi connectivity index (χ1v) is 9.95. The summed E-state index contributed by atoms with van der Waals surface area (Å²) in [6.07, 6.45) is 4.23. The van der Waals surface area contributed by atoms with Crippen LogP contribution < -0.4 is 10.6 Å². The molecule has 1 fully saturated rings. The molecule has 0 spiro atoms. The van der Waals surface area contributed by atoms with E-state index in [9.17, 15) is 19.2 Å². The predicted octanol–water partition coefficient (Wildman–Crippen LogP) is 2.11. The number of nitrogens with one attached hydrogen (secondary N) is 2. The average molecular weight is 415 g/mol. The van der Waals surface area contributed by atoms with E-state index in [1.54, 1.807) is 31.7 Å². The zero-order chi connectivity index (χ0) is 22.1. The smallest absolute Gasteiger partial charge is 0.321 e. The number of ether oxygens (including phenoxy) is 1. The van der Waals surface area contributed by atoms with Gasteiger partial charge in [-0.25, -0.2) is 4.79 Å². The normalized spacial score (nSPS) is 15.0. The summed E-state index contributed by atoms with van der Waals surface area (Å²) in [6.45, 7) is 5.72. The van der Waals surface area contributed by atoms with Crippen molar-refractivity contribution < 1.29 is 23.9 Å². The van der Waals surface area contributed by atoms with Crippen LogP contribution in [-0.4, -0.2) is 54.0 Å². The number of benzene rings is 1. The van der Waals surface area contributed by atoms with Gasteiger partial charge in [0.15, 0.2) is 6.61 Å². The molecule has 162 valence electrons. The maximum atomic E-state index is 12.3. The fraction of sp³-hybridized carbons (Fsp3) is 0.455. The Morgan fingerprint density at radius 2 is 1.73 bits per heavy atom. The highest BCUT2D eigenvalue weighted by molar-refractivity contribution is 5.96. The molecule has 1 aliphatic rings. The Kier molecular flexibility index (Phi) is 8.15. The van der Waals surface area contributed by atoms with Gasteiger partial charge in [-0.3, -0.25) is 19.7 Å². The number of rotatable bonds is 5. The molecule has 0 radical (unpaired) electrons. The Balaban J connectivity index is 1.71. The lowest BCUT2D eigenvalue weighted by Crippen LogP contribution is -2.49. The summed E-state index contributed by atoms with van der Waals surface area (Å²) >= 11 is 0. The maximum absolute atomic E-state index is 12.3. The predicted molar refractivity (Wildman–Crippen MR) is 112 cm³/mol. The average Bonchev–Trinajstić information content (AvgIpc) is 2.69. The molecule has 0 bridgehead atoms. The molecule has 1 saturated heterocycles. The molecule has 1 aromatic rings. The van der Waals surface area contributed by atoms with Crippen molar-refractivity contribution >= 4 is 29.9 Å². The summed E-state index contributed by atoms with van der Waals surface area (Å²) in [5, 5.41) is 4.70. The van der Waals surface area contributed by atoms with Gasteiger partial charge >= 0.3 is 12.0 Å².